The number of pyridine rings is 1. The lowest BCUT2D eigenvalue weighted by molar-refractivity contribution is -0.141. The lowest BCUT2D eigenvalue weighted by Crippen LogP contribution is -2.07. The van der Waals surface area contributed by atoms with Crippen LogP contribution < -0.4 is 0 Å². The second-order valence-corrected chi connectivity index (χ2v) is 2.52. The number of hydrogen-bond donors (Lipinski definition) is 0. The van der Waals surface area contributed by atoms with Crippen molar-refractivity contribution in [3.63, 3.8) is 0 Å². The molecule has 0 N–H and O–H groups in total. The van der Waals surface area contributed by atoms with E-state index in [0.717, 1.165) is 12.1 Å². The molecule has 0 aliphatic carbocycles. The van der Waals surface area contributed by atoms with Gasteiger partial charge >= 0.3 is 6.18 Å². The van der Waals surface area contributed by atoms with Crippen LogP contribution >= 0.6 is 11.6 Å². The first-order chi connectivity index (χ1) is 5.95. The van der Waals surface area contributed by atoms with Crippen molar-refractivity contribution in [2.24, 2.45) is 0 Å². The van der Waals surface area contributed by atoms with E-state index in [4.69, 9.17) is 18.2 Å². The SMILES string of the molecule is [C-]#[N+]c1nc(C(F)(F)F)ccc1Cl. The highest BCUT2D eigenvalue weighted by Gasteiger charge is 2.36. The molecule has 0 fully saturated rings. The van der Waals surface area contributed by atoms with Crippen LogP contribution in [0.5, 0.6) is 0 Å². The van der Waals surface area contributed by atoms with E-state index < -0.39 is 17.7 Å². The molecule has 0 radical (unpaired) electrons. The predicted molar refractivity (Wildman–Crippen MR) is 40.5 cm³/mol. The summed E-state index contributed by atoms with van der Waals surface area (Å²) in [4.78, 5) is 5.80. The summed E-state index contributed by atoms with van der Waals surface area (Å²) in [5, 5.41) is -0.0806. The lowest BCUT2D eigenvalue weighted by Gasteiger charge is -2.02. The van der Waals surface area contributed by atoms with Gasteiger partial charge in [0.05, 0.1) is 5.02 Å². The van der Waals surface area contributed by atoms with Gasteiger partial charge in [-0.1, -0.05) is 18.2 Å². The Bertz CT molecular complexity index is 367. The summed E-state index contributed by atoms with van der Waals surface area (Å²) in [5.41, 5.74) is -1.11. The summed E-state index contributed by atoms with van der Waals surface area (Å²) < 4.78 is 36.1. The fourth-order valence-electron chi connectivity index (χ4n) is 0.668. The molecule has 0 spiro atoms. The largest absolute Gasteiger partial charge is 0.456 e. The van der Waals surface area contributed by atoms with Crippen molar-refractivity contribution in [1.29, 1.82) is 0 Å². The van der Waals surface area contributed by atoms with Gasteiger partial charge in [-0.15, -0.1) is 4.98 Å². The summed E-state index contributed by atoms with van der Waals surface area (Å²) in [7, 11) is 0. The van der Waals surface area contributed by atoms with Crippen LogP contribution in [0, 0.1) is 6.57 Å². The summed E-state index contributed by atoms with van der Waals surface area (Å²) in [5.74, 6) is -0.434. The molecular formula is C7H2ClF3N2. The molecule has 0 unspecified atom stereocenters. The van der Waals surface area contributed by atoms with E-state index in [1.54, 1.807) is 0 Å². The first kappa shape index (κ1) is 9.81. The molecule has 0 saturated heterocycles. The molecule has 1 aromatic heterocycles. The van der Waals surface area contributed by atoms with E-state index >= 15 is 0 Å². The number of halogens is 4. The van der Waals surface area contributed by atoms with E-state index in [-0.39, 0.29) is 5.02 Å². The summed E-state index contributed by atoms with van der Waals surface area (Å²) in [6, 6.07) is 1.74. The molecule has 0 saturated carbocycles. The zero-order valence-electron chi connectivity index (χ0n) is 6.06. The zero-order chi connectivity index (χ0) is 10.1. The summed E-state index contributed by atoms with van der Waals surface area (Å²) in [6.45, 7) is 6.50. The van der Waals surface area contributed by atoms with E-state index in [2.05, 4.69) is 9.83 Å². The highest BCUT2D eigenvalue weighted by molar-refractivity contribution is 6.32. The van der Waals surface area contributed by atoms with E-state index in [1.807, 2.05) is 0 Å². The molecule has 0 aliphatic heterocycles. The third kappa shape index (κ3) is 2.10. The van der Waals surface area contributed by atoms with Crippen molar-refractivity contribution in [1.82, 2.24) is 4.98 Å². The van der Waals surface area contributed by atoms with Gasteiger partial charge in [0.25, 0.3) is 5.82 Å². The maximum absolute atomic E-state index is 12.0. The Morgan fingerprint density at radius 1 is 1.38 bits per heavy atom. The van der Waals surface area contributed by atoms with Crippen molar-refractivity contribution in [3.05, 3.63) is 34.3 Å². The molecule has 1 heterocycles. The molecule has 0 aliphatic rings. The Balaban J connectivity index is 3.24. The average Bonchev–Trinajstić information content (AvgIpc) is 2.03. The Kier molecular flexibility index (Phi) is 2.43. The monoisotopic (exact) mass is 206 g/mol. The van der Waals surface area contributed by atoms with Crippen molar-refractivity contribution in [3.8, 4) is 0 Å². The molecule has 0 aromatic carbocycles. The van der Waals surface area contributed by atoms with E-state index in [1.165, 1.54) is 0 Å². The minimum atomic E-state index is -4.54. The lowest BCUT2D eigenvalue weighted by atomic mass is 10.3. The van der Waals surface area contributed by atoms with E-state index in [0.29, 0.717) is 0 Å². The normalized spacial score (nSPS) is 11.0. The minimum Gasteiger partial charge on any atom is -0.359 e. The summed E-state index contributed by atoms with van der Waals surface area (Å²) in [6.07, 6.45) is -4.54. The Morgan fingerprint density at radius 2 is 2.00 bits per heavy atom. The van der Waals surface area contributed by atoms with Crippen LogP contribution in [0.2, 0.25) is 5.02 Å². The van der Waals surface area contributed by atoms with Gasteiger partial charge in [-0.25, -0.2) is 0 Å². The minimum absolute atomic E-state index is 0.0806. The maximum Gasteiger partial charge on any atom is 0.456 e. The smallest absolute Gasteiger partial charge is 0.359 e. The van der Waals surface area contributed by atoms with Crippen LogP contribution in [0.1, 0.15) is 5.69 Å². The Morgan fingerprint density at radius 3 is 2.46 bits per heavy atom. The molecule has 0 bridgehead atoms. The highest BCUT2D eigenvalue weighted by atomic mass is 35.5. The van der Waals surface area contributed by atoms with Crippen molar-refractivity contribution >= 4 is 17.4 Å². The van der Waals surface area contributed by atoms with Crippen LogP contribution in [0.4, 0.5) is 19.0 Å². The van der Waals surface area contributed by atoms with Gasteiger partial charge in [-0.2, -0.15) is 13.2 Å². The van der Waals surface area contributed by atoms with Crippen LogP contribution in [0.25, 0.3) is 4.85 Å². The first-order valence-corrected chi connectivity index (χ1v) is 3.44. The summed E-state index contributed by atoms with van der Waals surface area (Å²) >= 11 is 5.40. The van der Waals surface area contributed by atoms with Gasteiger partial charge < -0.3 is 4.85 Å². The third-order valence-electron chi connectivity index (χ3n) is 1.22. The number of alkyl halides is 3. The van der Waals surface area contributed by atoms with Crippen molar-refractivity contribution in [2.45, 2.75) is 6.18 Å². The molecule has 68 valence electrons. The van der Waals surface area contributed by atoms with Gasteiger partial charge in [0.1, 0.15) is 0 Å². The molecule has 0 amide bonds. The predicted octanol–water partition coefficient (Wildman–Crippen LogP) is 3.30. The van der Waals surface area contributed by atoms with Crippen LogP contribution in [-0.2, 0) is 6.18 Å². The molecule has 0 atom stereocenters. The topological polar surface area (TPSA) is 17.2 Å². The van der Waals surface area contributed by atoms with Crippen molar-refractivity contribution < 1.29 is 13.2 Å². The Labute approximate surface area is 76.8 Å². The van der Waals surface area contributed by atoms with Crippen LogP contribution in [-0.4, -0.2) is 4.98 Å². The quantitative estimate of drug-likeness (QED) is 0.596. The standard InChI is InChI=1S/C7H2ClF3N2/c1-12-6-4(8)2-3-5(13-6)7(9,10)11/h2-3H. The van der Waals surface area contributed by atoms with Gasteiger partial charge in [-0.05, 0) is 12.1 Å². The molecular weight excluding hydrogens is 205 g/mol. The van der Waals surface area contributed by atoms with Crippen molar-refractivity contribution in [2.75, 3.05) is 0 Å². The second-order valence-electron chi connectivity index (χ2n) is 2.11. The zero-order valence-corrected chi connectivity index (χ0v) is 6.82. The average molecular weight is 207 g/mol. The fourth-order valence-corrected chi connectivity index (χ4v) is 0.815. The fraction of sp³-hybridized carbons (Fsp3) is 0.143. The number of rotatable bonds is 0. The van der Waals surface area contributed by atoms with Crippen LogP contribution in [0.3, 0.4) is 0 Å². The second kappa shape index (κ2) is 3.23. The molecule has 1 rings (SSSR count). The van der Waals surface area contributed by atoms with Crippen LogP contribution in [0.15, 0.2) is 12.1 Å². The van der Waals surface area contributed by atoms with Gasteiger partial charge in [0.2, 0.25) is 5.69 Å². The molecule has 2 nitrogen and oxygen atoms in total. The number of nitrogens with zero attached hydrogens (tertiary/aromatic N) is 2. The van der Waals surface area contributed by atoms with Gasteiger partial charge in [0.15, 0.2) is 0 Å². The molecule has 13 heavy (non-hydrogen) atoms. The Hall–Kier alpha value is -1.28. The highest BCUT2D eigenvalue weighted by Crippen LogP contribution is 2.31. The molecule has 1 aromatic rings. The number of hydrogen-bond acceptors (Lipinski definition) is 1. The van der Waals surface area contributed by atoms with E-state index in [9.17, 15) is 13.2 Å². The third-order valence-corrected chi connectivity index (χ3v) is 1.52. The maximum atomic E-state index is 12.0. The number of aromatic nitrogens is 1. The first-order valence-electron chi connectivity index (χ1n) is 3.06. The van der Waals surface area contributed by atoms with Gasteiger partial charge in [0, 0.05) is 0 Å². The molecule has 6 heteroatoms. The van der Waals surface area contributed by atoms with Gasteiger partial charge in [-0.3, -0.25) is 0 Å².